The molecule has 0 spiro atoms. The molecule has 1 saturated heterocycles. The molecule has 2 heterocycles. The molecule has 2 rings (SSSR count). The first-order valence-electron chi connectivity index (χ1n) is 6.56. The normalized spacial score (nSPS) is 23.0. The van der Waals surface area contributed by atoms with E-state index in [4.69, 9.17) is 5.73 Å². The Hall–Kier alpha value is -1.87. The minimum atomic E-state index is -1.22. The van der Waals surface area contributed by atoms with E-state index in [2.05, 4.69) is 15.3 Å². The monoisotopic (exact) mass is 301 g/mol. The lowest BCUT2D eigenvalue weighted by atomic mass is 9.94. The first-order chi connectivity index (χ1) is 9.97. The molecule has 1 aromatic heterocycles. The Bertz CT molecular complexity index is 516. The van der Waals surface area contributed by atoms with Gasteiger partial charge in [0.25, 0.3) is 5.95 Å². The number of carbonyl (C=O) groups is 1. The SMILES string of the molecule is NC(=O)CN1CC[C@@H](CNc2ncnc(F)c2F)[C@H](O)C1. The lowest BCUT2D eigenvalue weighted by molar-refractivity contribution is -0.120. The number of hydrogen-bond donors (Lipinski definition) is 3. The maximum Gasteiger partial charge on any atom is 0.254 e. The molecule has 4 N–H and O–H groups in total. The van der Waals surface area contributed by atoms with Crippen LogP contribution in [0.4, 0.5) is 14.6 Å². The van der Waals surface area contributed by atoms with Crippen LogP contribution in [0, 0.1) is 17.7 Å². The number of halogens is 2. The topological polar surface area (TPSA) is 104 Å². The van der Waals surface area contributed by atoms with Crippen molar-refractivity contribution in [2.75, 3.05) is 31.5 Å². The summed E-state index contributed by atoms with van der Waals surface area (Å²) in [5.74, 6) is -3.18. The summed E-state index contributed by atoms with van der Waals surface area (Å²) in [5.41, 5.74) is 5.10. The Morgan fingerprint density at radius 1 is 1.52 bits per heavy atom. The van der Waals surface area contributed by atoms with Crippen molar-refractivity contribution in [1.82, 2.24) is 14.9 Å². The molecule has 1 aliphatic heterocycles. The number of nitrogens with two attached hydrogens (primary N) is 1. The molecule has 116 valence electrons. The maximum atomic E-state index is 13.4. The van der Waals surface area contributed by atoms with Gasteiger partial charge in [0.1, 0.15) is 6.33 Å². The summed E-state index contributed by atoms with van der Waals surface area (Å²) in [6.45, 7) is 1.27. The number of aromatic nitrogens is 2. The summed E-state index contributed by atoms with van der Waals surface area (Å²) in [6, 6.07) is 0. The van der Waals surface area contributed by atoms with Crippen molar-refractivity contribution in [1.29, 1.82) is 0 Å². The average Bonchev–Trinajstić information content (AvgIpc) is 2.41. The Kier molecular flexibility index (Phi) is 4.97. The Morgan fingerprint density at radius 2 is 2.29 bits per heavy atom. The van der Waals surface area contributed by atoms with Gasteiger partial charge in [0, 0.05) is 19.0 Å². The van der Waals surface area contributed by atoms with Gasteiger partial charge in [-0.3, -0.25) is 9.69 Å². The fourth-order valence-corrected chi connectivity index (χ4v) is 2.35. The van der Waals surface area contributed by atoms with Gasteiger partial charge in [-0.25, -0.2) is 9.97 Å². The van der Waals surface area contributed by atoms with E-state index in [-0.39, 0.29) is 24.8 Å². The Morgan fingerprint density at radius 3 is 2.95 bits per heavy atom. The number of amides is 1. The molecule has 21 heavy (non-hydrogen) atoms. The van der Waals surface area contributed by atoms with Crippen molar-refractivity contribution >= 4 is 11.7 Å². The van der Waals surface area contributed by atoms with Crippen molar-refractivity contribution in [2.24, 2.45) is 11.7 Å². The van der Waals surface area contributed by atoms with Crippen LogP contribution < -0.4 is 11.1 Å². The zero-order valence-electron chi connectivity index (χ0n) is 11.3. The first-order valence-corrected chi connectivity index (χ1v) is 6.56. The molecule has 0 radical (unpaired) electrons. The van der Waals surface area contributed by atoms with Crippen molar-refractivity contribution in [2.45, 2.75) is 12.5 Å². The largest absolute Gasteiger partial charge is 0.391 e. The Labute approximate surface area is 120 Å². The van der Waals surface area contributed by atoms with Crippen molar-refractivity contribution < 1.29 is 18.7 Å². The number of nitrogens with one attached hydrogen (secondary N) is 1. The van der Waals surface area contributed by atoms with E-state index < -0.39 is 23.8 Å². The number of aliphatic hydroxyl groups excluding tert-OH is 1. The molecule has 0 unspecified atom stereocenters. The molecule has 0 aliphatic carbocycles. The van der Waals surface area contributed by atoms with Gasteiger partial charge in [-0.1, -0.05) is 0 Å². The van der Waals surface area contributed by atoms with Crippen LogP contribution in [-0.4, -0.2) is 58.2 Å². The van der Waals surface area contributed by atoms with E-state index in [1.165, 1.54) is 0 Å². The van der Waals surface area contributed by atoms with Gasteiger partial charge in [0.05, 0.1) is 12.6 Å². The van der Waals surface area contributed by atoms with Crippen molar-refractivity contribution in [3.05, 3.63) is 18.1 Å². The summed E-state index contributed by atoms with van der Waals surface area (Å²) in [5, 5.41) is 12.7. The average molecular weight is 301 g/mol. The highest BCUT2D eigenvalue weighted by Crippen LogP contribution is 2.19. The number of nitrogens with zero attached hydrogens (tertiary/aromatic N) is 3. The fourth-order valence-electron chi connectivity index (χ4n) is 2.35. The maximum absolute atomic E-state index is 13.4. The third-order valence-electron chi connectivity index (χ3n) is 3.46. The Balaban J connectivity index is 1.87. The van der Waals surface area contributed by atoms with Crippen LogP contribution in [0.5, 0.6) is 0 Å². The van der Waals surface area contributed by atoms with E-state index >= 15 is 0 Å². The number of hydrogen-bond acceptors (Lipinski definition) is 6. The van der Waals surface area contributed by atoms with Crippen LogP contribution in [0.3, 0.4) is 0 Å². The second-order valence-corrected chi connectivity index (χ2v) is 5.03. The lowest BCUT2D eigenvalue weighted by Gasteiger charge is -2.35. The number of rotatable bonds is 5. The number of likely N-dealkylation sites (tertiary alicyclic amines) is 1. The van der Waals surface area contributed by atoms with E-state index in [1.807, 2.05) is 0 Å². The predicted molar refractivity (Wildman–Crippen MR) is 70.2 cm³/mol. The van der Waals surface area contributed by atoms with Gasteiger partial charge in [-0.2, -0.15) is 8.78 Å². The molecular weight excluding hydrogens is 284 g/mol. The molecule has 0 bridgehead atoms. The number of aliphatic hydroxyl groups is 1. The fraction of sp³-hybridized carbons (Fsp3) is 0.583. The first kappa shape index (κ1) is 15.5. The number of primary amides is 1. The molecule has 1 fully saturated rings. The second-order valence-electron chi connectivity index (χ2n) is 5.03. The van der Waals surface area contributed by atoms with Crippen LogP contribution >= 0.6 is 0 Å². The standard InChI is InChI=1S/C12H17F2N5O2/c13-10-11(14)17-6-18-12(10)16-3-7-1-2-19(4-8(7)20)5-9(15)21/h6-8,20H,1-5H2,(H2,15,21)(H,16,17,18)/t7-,8+/m0/s1. The quantitative estimate of drug-likeness (QED) is 0.623. The molecule has 1 amide bonds. The molecule has 0 saturated carbocycles. The molecule has 9 heteroatoms. The summed E-state index contributed by atoms with van der Waals surface area (Å²) in [4.78, 5) is 19.3. The summed E-state index contributed by atoms with van der Waals surface area (Å²) >= 11 is 0. The minimum absolute atomic E-state index is 0.100. The van der Waals surface area contributed by atoms with Gasteiger partial charge in [-0.05, 0) is 13.0 Å². The lowest BCUT2D eigenvalue weighted by Crippen LogP contribution is -2.48. The van der Waals surface area contributed by atoms with E-state index in [1.54, 1.807) is 4.90 Å². The third-order valence-corrected chi connectivity index (χ3v) is 3.46. The molecule has 1 aromatic rings. The zero-order valence-corrected chi connectivity index (χ0v) is 11.3. The molecule has 1 aliphatic rings. The van der Waals surface area contributed by atoms with Gasteiger partial charge in [-0.15, -0.1) is 0 Å². The molecule has 0 aromatic carbocycles. The molecule has 2 atom stereocenters. The molecular formula is C12H17F2N5O2. The summed E-state index contributed by atoms with van der Waals surface area (Å²) < 4.78 is 26.3. The zero-order chi connectivity index (χ0) is 15.4. The highest BCUT2D eigenvalue weighted by Gasteiger charge is 2.28. The van der Waals surface area contributed by atoms with Crippen molar-refractivity contribution in [3.8, 4) is 0 Å². The predicted octanol–water partition coefficient (Wildman–Crippen LogP) is -0.665. The van der Waals surface area contributed by atoms with Crippen LogP contribution in [0.2, 0.25) is 0 Å². The van der Waals surface area contributed by atoms with Crippen LogP contribution in [0.1, 0.15) is 6.42 Å². The third kappa shape index (κ3) is 4.05. The summed E-state index contributed by atoms with van der Waals surface area (Å²) in [6.07, 6.45) is 0.851. The number of anilines is 1. The number of β-amino-alcohol motifs (C(OH)–C–C–N with tert-alkyl or cyclic N) is 1. The summed E-state index contributed by atoms with van der Waals surface area (Å²) in [7, 11) is 0. The van der Waals surface area contributed by atoms with E-state index in [0.717, 1.165) is 6.33 Å². The van der Waals surface area contributed by atoms with Gasteiger partial charge < -0.3 is 16.2 Å². The van der Waals surface area contributed by atoms with Crippen LogP contribution in [0.15, 0.2) is 6.33 Å². The smallest absolute Gasteiger partial charge is 0.254 e. The minimum Gasteiger partial charge on any atom is -0.391 e. The van der Waals surface area contributed by atoms with Gasteiger partial charge >= 0.3 is 0 Å². The van der Waals surface area contributed by atoms with Crippen LogP contribution in [0.25, 0.3) is 0 Å². The highest BCUT2D eigenvalue weighted by atomic mass is 19.2. The van der Waals surface area contributed by atoms with Gasteiger partial charge in [0.15, 0.2) is 5.82 Å². The van der Waals surface area contributed by atoms with Gasteiger partial charge in [0.2, 0.25) is 11.7 Å². The van der Waals surface area contributed by atoms with Crippen LogP contribution in [-0.2, 0) is 4.79 Å². The molecule has 7 nitrogen and oxygen atoms in total. The number of carbonyl (C=O) groups excluding carboxylic acids is 1. The number of piperidine rings is 1. The second kappa shape index (κ2) is 6.72. The van der Waals surface area contributed by atoms with E-state index in [9.17, 15) is 18.7 Å². The van der Waals surface area contributed by atoms with Crippen molar-refractivity contribution in [3.63, 3.8) is 0 Å². The highest BCUT2D eigenvalue weighted by molar-refractivity contribution is 5.75. The van der Waals surface area contributed by atoms with E-state index in [0.29, 0.717) is 19.5 Å².